The lowest BCUT2D eigenvalue weighted by molar-refractivity contribution is -0.138. The standard InChI is InChI=1S/C22H12ClF4N3OS/c23-16-6-4-12(21-28-8-9-32-21)10-14(16)13-5-7-18(29-11-13)30-20(31)19-15(22(25,26)27)2-1-3-17(19)24/h1-11H,(H,29,30,31). The van der Waals surface area contributed by atoms with E-state index < -0.39 is 29.0 Å². The maximum absolute atomic E-state index is 14.0. The van der Waals surface area contributed by atoms with Gasteiger partial charge in [0, 0.05) is 39.5 Å². The SMILES string of the molecule is O=C(Nc1ccc(-c2cc(-c3nccs3)ccc2Cl)cn1)c1c(F)cccc1C(F)(F)F. The number of nitrogens with one attached hydrogen (secondary N) is 1. The predicted octanol–water partition coefficient (Wildman–Crippen LogP) is 6.94. The minimum atomic E-state index is -4.88. The Balaban J connectivity index is 1.60. The lowest BCUT2D eigenvalue weighted by Gasteiger charge is -2.13. The van der Waals surface area contributed by atoms with Crippen molar-refractivity contribution in [3.8, 4) is 21.7 Å². The summed E-state index contributed by atoms with van der Waals surface area (Å²) in [5.41, 5.74) is -0.315. The first-order valence-electron chi connectivity index (χ1n) is 9.07. The van der Waals surface area contributed by atoms with Crippen LogP contribution in [0.25, 0.3) is 21.7 Å². The predicted molar refractivity (Wildman–Crippen MR) is 115 cm³/mol. The summed E-state index contributed by atoms with van der Waals surface area (Å²) in [4.78, 5) is 20.7. The van der Waals surface area contributed by atoms with Gasteiger partial charge in [-0.3, -0.25) is 4.79 Å². The smallest absolute Gasteiger partial charge is 0.306 e. The first-order chi connectivity index (χ1) is 15.2. The van der Waals surface area contributed by atoms with Crippen molar-refractivity contribution in [3.63, 3.8) is 0 Å². The molecular formula is C22H12ClF4N3OS. The van der Waals surface area contributed by atoms with E-state index in [2.05, 4.69) is 15.3 Å². The molecule has 0 aliphatic heterocycles. The number of hydrogen-bond acceptors (Lipinski definition) is 4. The lowest BCUT2D eigenvalue weighted by atomic mass is 10.0. The second kappa shape index (κ2) is 8.68. The van der Waals surface area contributed by atoms with E-state index >= 15 is 0 Å². The Morgan fingerprint density at radius 2 is 1.81 bits per heavy atom. The number of alkyl halides is 3. The summed E-state index contributed by atoms with van der Waals surface area (Å²) in [6.07, 6.45) is -1.78. The van der Waals surface area contributed by atoms with E-state index in [9.17, 15) is 22.4 Å². The van der Waals surface area contributed by atoms with Crippen LogP contribution in [-0.4, -0.2) is 15.9 Å². The van der Waals surface area contributed by atoms with Gasteiger partial charge in [0.2, 0.25) is 0 Å². The Hall–Kier alpha value is -3.30. The third-order valence-corrected chi connectivity index (χ3v) is 5.66. The largest absolute Gasteiger partial charge is 0.417 e. The third-order valence-electron chi connectivity index (χ3n) is 4.51. The number of benzene rings is 2. The molecule has 0 atom stereocenters. The van der Waals surface area contributed by atoms with E-state index in [-0.39, 0.29) is 5.82 Å². The topological polar surface area (TPSA) is 54.9 Å². The second-order valence-electron chi connectivity index (χ2n) is 6.58. The van der Waals surface area contributed by atoms with Gasteiger partial charge in [-0.2, -0.15) is 13.2 Å². The molecule has 0 saturated carbocycles. The van der Waals surface area contributed by atoms with Gasteiger partial charge in [-0.25, -0.2) is 14.4 Å². The van der Waals surface area contributed by atoms with E-state index in [1.54, 1.807) is 18.3 Å². The third kappa shape index (κ3) is 4.49. The number of halogens is 5. The van der Waals surface area contributed by atoms with Crippen molar-refractivity contribution in [1.82, 2.24) is 9.97 Å². The fourth-order valence-corrected chi connectivity index (χ4v) is 3.90. The number of amides is 1. The summed E-state index contributed by atoms with van der Waals surface area (Å²) in [6, 6.07) is 10.7. The average Bonchev–Trinajstić information content (AvgIpc) is 3.29. The van der Waals surface area contributed by atoms with Gasteiger partial charge in [-0.1, -0.05) is 23.7 Å². The molecule has 4 aromatic rings. The normalized spacial score (nSPS) is 11.4. The number of rotatable bonds is 4. The van der Waals surface area contributed by atoms with Crippen molar-refractivity contribution in [2.24, 2.45) is 0 Å². The molecular weight excluding hydrogens is 466 g/mol. The Morgan fingerprint density at radius 1 is 1.03 bits per heavy atom. The molecule has 0 fully saturated rings. The zero-order chi connectivity index (χ0) is 22.9. The van der Waals surface area contributed by atoms with Crippen LogP contribution in [0.1, 0.15) is 15.9 Å². The van der Waals surface area contributed by atoms with Crippen molar-refractivity contribution >= 4 is 34.7 Å². The van der Waals surface area contributed by atoms with Gasteiger partial charge in [0.05, 0.1) is 11.1 Å². The van der Waals surface area contributed by atoms with E-state index in [0.717, 1.165) is 22.7 Å². The highest BCUT2D eigenvalue weighted by atomic mass is 35.5. The highest BCUT2D eigenvalue weighted by Crippen LogP contribution is 2.35. The highest BCUT2D eigenvalue weighted by molar-refractivity contribution is 7.13. The van der Waals surface area contributed by atoms with E-state index in [0.29, 0.717) is 22.2 Å². The molecule has 0 bridgehead atoms. The summed E-state index contributed by atoms with van der Waals surface area (Å²) in [5, 5.41) is 5.33. The van der Waals surface area contributed by atoms with Gasteiger partial charge >= 0.3 is 6.18 Å². The van der Waals surface area contributed by atoms with Crippen molar-refractivity contribution in [2.75, 3.05) is 5.32 Å². The van der Waals surface area contributed by atoms with Crippen LogP contribution in [0.3, 0.4) is 0 Å². The number of carbonyl (C=O) groups excluding carboxylic acids is 1. The molecule has 0 spiro atoms. The molecule has 32 heavy (non-hydrogen) atoms. The Kier molecular flexibility index (Phi) is 5.94. The first-order valence-corrected chi connectivity index (χ1v) is 10.3. The number of anilines is 1. The zero-order valence-electron chi connectivity index (χ0n) is 16.0. The highest BCUT2D eigenvalue weighted by Gasteiger charge is 2.36. The van der Waals surface area contributed by atoms with Crippen LogP contribution < -0.4 is 5.32 Å². The average molecular weight is 478 g/mol. The summed E-state index contributed by atoms with van der Waals surface area (Å²) in [7, 11) is 0. The molecule has 4 rings (SSSR count). The van der Waals surface area contributed by atoms with Crippen molar-refractivity contribution < 1.29 is 22.4 Å². The van der Waals surface area contributed by atoms with Crippen molar-refractivity contribution in [2.45, 2.75) is 6.18 Å². The summed E-state index contributed by atoms with van der Waals surface area (Å²) in [6.45, 7) is 0. The molecule has 4 nitrogen and oxygen atoms in total. The van der Waals surface area contributed by atoms with Crippen molar-refractivity contribution in [3.05, 3.63) is 88.3 Å². The van der Waals surface area contributed by atoms with Gasteiger partial charge in [0.25, 0.3) is 5.91 Å². The van der Waals surface area contributed by atoms with Crippen LogP contribution in [0, 0.1) is 5.82 Å². The monoisotopic (exact) mass is 477 g/mol. The van der Waals surface area contributed by atoms with Crippen LogP contribution in [0.4, 0.5) is 23.4 Å². The van der Waals surface area contributed by atoms with Crippen LogP contribution in [0.15, 0.2) is 66.3 Å². The molecule has 1 N–H and O–H groups in total. The zero-order valence-corrected chi connectivity index (χ0v) is 17.5. The number of nitrogens with zero attached hydrogens (tertiary/aromatic N) is 2. The van der Waals surface area contributed by atoms with Crippen molar-refractivity contribution in [1.29, 1.82) is 0 Å². The van der Waals surface area contributed by atoms with Crippen LogP contribution in [0.2, 0.25) is 5.02 Å². The maximum Gasteiger partial charge on any atom is 0.417 e. The van der Waals surface area contributed by atoms with Gasteiger partial charge in [-0.05, 0) is 36.4 Å². The molecule has 0 saturated heterocycles. The minimum Gasteiger partial charge on any atom is -0.306 e. The summed E-state index contributed by atoms with van der Waals surface area (Å²) >= 11 is 7.78. The first kappa shape index (κ1) is 21.9. The molecule has 2 aromatic heterocycles. The molecule has 0 aliphatic rings. The second-order valence-corrected chi connectivity index (χ2v) is 7.88. The number of carbonyl (C=O) groups is 1. The van der Waals surface area contributed by atoms with Gasteiger partial charge < -0.3 is 5.32 Å². The Bertz CT molecular complexity index is 1280. The van der Waals surface area contributed by atoms with Crippen LogP contribution in [-0.2, 0) is 6.18 Å². The Labute approximate surface area is 188 Å². The quantitative estimate of drug-likeness (QED) is 0.324. The van der Waals surface area contributed by atoms with E-state index in [1.807, 2.05) is 17.5 Å². The molecule has 0 aliphatic carbocycles. The molecule has 0 unspecified atom stereocenters. The lowest BCUT2D eigenvalue weighted by Crippen LogP contribution is -2.21. The molecule has 2 aromatic carbocycles. The number of thiazole rings is 1. The van der Waals surface area contributed by atoms with Crippen LogP contribution >= 0.6 is 22.9 Å². The fourth-order valence-electron chi connectivity index (χ4n) is 3.04. The van der Waals surface area contributed by atoms with E-state index in [4.69, 9.17) is 11.6 Å². The Morgan fingerprint density at radius 3 is 2.47 bits per heavy atom. The molecule has 10 heteroatoms. The number of pyridine rings is 1. The minimum absolute atomic E-state index is 0.0395. The molecule has 0 radical (unpaired) electrons. The van der Waals surface area contributed by atoms with Crippen LogP contribution in [0.5, 0.6) is 0 Å². The molecule has 162 valence electrons. The van der Waals surface area contributed by atoms with Gasteiger partial charge in [0.1, 0.15) is 16.6 Å². The van der Waals surface area contributed by atoms with Gasteiger partial charge in [-0.15, -0.1) is 11.3 Å². The summed E-state index contributed by atoms with van der Waals surface area (Å²) < 4.78 is 53.5. The maximum atomic E-state index is 14.0. The van der Waals surface area contributed by atoms with E-state index in [1.165, 1.54) is 23.6 Å². The van der Waals surface area contributed by atoms with Gasteiger partial charge in [0.15, 0.2) is 0 Å². The number of hydrogen-bond donors (Lipinski definition) is 1. The number of aromatic nitrogens is 2. The summed E-state index contributed by atoms with van der Waals surface area (Å²) in [5.74, 6) is -2.57. The fraction of sp³-hybridized carbons (Fsp3) is 0.0455. The molecule has 1 amide bonds. The molecule has 2 heterocycles.